The molecule has 18 heavy (non-hydrogen) atoms. The fourth-order valence-electron chi connectivity index (χ4n) is 1.69. The van der Waals surface area contributed by atoms with Gasteiger partial charge in [-0.25, -0.2) is 4.68 Å². The van der Waals surface area contributed by atoms with Crippen molar-refractivity contribution in [2.24, 2.45) is 0 Å². The van der Waals surface area contributed by atoms with Gasteiger partial charge in [0.05, 0.1) is 18.4 Å². The maximum absolute atomic E-state index is 4.15. The van der Waals surface area contributed by atoms with Crippen LogP contribution in [-0.4, -0.2) is 21.5 Å². The fraction of sp³-hybridized carbons (Fsp3) is 0.385. The molecule has 0 amide bonds. The first-order chi connectivity index (χ1) is 8.79. The Morgan fingerprint density at radius 2 is 2.17 bits per heavy atom. The van der Waals surface area contributed by atoms with E-state index < -0.39 is 0 Å². The quantitative estimate of drug-likeness (QED) is 0.834. The fourth-order valence-corrected chi connectivity index (χ4v) is 2.10. The Morgan fingerprint density at radius 1 is 1.33 bits per heavy atom. The molecule has 1 aromatic carbocycles. The molecule has 0 radical (unpaired) electrons. The second kappa shape index (κ2) is 6.66. The summed E-state index contributed by atoms with van der Waals surface area (Å²) in [5.41, 5.74) is 2.19. The minimum Gasteiger partial charge on any atom is -0.311 e. The third-order valence-electron chi connectivity index (χ3n) is 2.61. The van der Waals surface area contributed by atoms with E-state index in [1.165, 1.54) is 5.56 Å². The summed E-state index contributed by atoms with van der Waals surface area (Å²) in [5.74, 6) is 0. The van der Waals surface area contributed by atoms with Crippen LogP contribution in [0, 0.1) is 0 Å². The maximum Gasteiger partial charge on any atom is 0.0964 e. The Kier molecular flexibility index (Phi) is 4.90. The van der Waals surface area contributed by atoms with Crippen molar-refractivity contribution in [2.75, 3.05) is 6.54 Å². The summed E-state index contributed by atoms with van der Waals surface area (Å²) in [5, 5.41) is 11.6. The molecule has 0 saturated carbocycles. The zero-order valence-corrected chi connectivity index (χ0v) is 12.0. The lowest BCUT2D eigenvalue weighted by Crippen LogP contribution is -2.13. The molecule has 0 bridgehead atoms. The number of nitrogens with zero attached hydrogens (tertiary/aromatic N) is 3. The van der Waals surface area contributed by atoms with E-state index in [-0.39, 0.29) is 0 Å². The molecule has 5 heteroatoms. The molecule has 0 unspecified atom stereocenters. The van der Waals surface area contributed by atoms with Crippen LogP contribution in [-0.2, 0) is 13.1 Å². The Morgan fingerprint density at radius 3 is 2.94 bits per heavy atom. The van der Waals surface area contributed by atoms with E-state index in [9.17, 15) is 0 Å². The molecule has 1 heterocycles. The summed E-state index contributed by atoms with van der Waals surface area (Å²) >= 11 is 3.54. The summed E-state index contributed by atoms with van der Waals surface area (Å²) in [7, 11) is 0. The lowest BCUT2D eigenvalue weighted by atomic mass is 10.2. The number of hydrogen-bond acceptors (Lipinski definition) is 3. The first-order valence-electron chi connectivity index (χ1n) is 6.12. The van der Waals surface area contributed by atoms with Gasteiger partial charge in [-0.3, -0.25) is 0 Å². The van der Waals surface area contributed by atoms with Crippen molar-refractivity contribution in [3.63, 3.8) is 0 Å². The van der Waals surface area contributed by atoms with Crippen LogP contribution in [0.15, 0.2) is 34.9 Å². The molecule has 96 valence electrons. The Bertz CT molecular complexity index is 495. The third-order valence-corrected chi connectivity index (χ3v) is 3.38. The summed E-state index contributed by atoms with van der Waals surface area (Å²) in [4.78, 5) is 0. The summed E-state index contributed by atoms with van der Waals surface area (Å²) < 4.78 is 2.97. The first-order valence-corrected chi connectivity index (χ1v) is 6.92. The highest BCUT2D eigenvalue weighted by molar-refractivity contribution is 9.10. The van der Waals surface area contributed by atoms with E-state index in [1.807, 2.05) is 29.1 Å². The molecule has 1 aromatic heterocycles. The molecule has 0 aliphatic carbocycles. The molecule has 0 spiro atoms. The van der Waals surface area contributed by atoms with Gasteiger partial charge in [0.2, 0.25) is 0 Å². The zero-order chi connectivity index (χ0) is 12.8. The number of nitrogens with one attached hydrogen (secondary N) is 1. The summed E-state index contributed by atoms with van der Waals surface area (Å²) in [6, 6.07) is 8.16. The van der Waals surface area contributed by atoms with Crippen LogP contribution in [0.2, 0.25) is 0 Å². The predicted octanol–water partition coefficient (Wildman–Crippen LogP) is 2.59. The van der Waals surface area contributed by atoms with Crippen molar-refractivity contribution >= 4 is 15.9 Å². The molecule has 1 N–H and O–H groups in total. The minimum absolute atomic E-state index is 0.738. The van der Waals surface area contributed by atoms with Gasteiger partial charge in [0, 0.05) is 11.0 Å². The van der Waals surface area contributed by atoms with Crippen molar-refractivity contribution in [3.05, 3.63) is 46.2 Å². The summed E-state index contributed by atoms with van der Waals surface area (Å²) in [6.07, 6.45) is 3.12. The van der Waals surface area contributed by atoms with E-state index in [1.54, 1.807) is 0 Å². The Hall–Kier alpha value is -1.20. The molecule has 4 nitrogen and oxygen atoms in total. The van der Waals surface area contributed by atoms with E-state index in [2.05, 4.69) is 44.5 Å². The first kappa shape index (κ1) is 13.2. The van der Waals surface area contributed by atoms with Gasteiger partial charge in [0.25, 0.3) is 0 Å². The normalized spacial score (nSPS) is 10.8. The highest BCUT2D eigenvalue weighted by Gasteiger charge is 2.03. The Balaban J connectivity index is 1.96. The number of benzene rings is 1. The largest absolute Gasteiger partial charge is 0.311 e. The highest BCUT2D eigenvalue weighted by atomic mass is 79.9. The highest BCUT2D eigenvalue weighted by Crippen LogP contribution is 2.16. The van der Waals surface area contributed by atoms with Crippen LogP contribution in [0.4, 0.5) is 0 Å². The predicted molar refractivity (Wildman–Crippen MR) is 75.3 cm³/mol. The lowest BCUT2D eigenvalue weighted by Gasteiger charge is -2.03. The lowest BCUT2D eigenvalue weighted by molar-refractivity contribution is 0.644. The second-order valence-corrected chi connectivity index (χ2v) is 5.03. The van der Waals surface area contributed by atoms with E-state index in [4.69, 9.17) is 0 Å². The van der Waals surface area contributed by atoms with Crippen molar-refractivity contribution in [3.8, 4) is 0 Å². The number of aromatic nitrogens is 3. The number of halogens is 1. The molecular weight excluding hydrogens is 292 g/mol. The molecule has 2 aromatic rings. The molecule has 0 atom stereocenters. The molecule has 0 aliphatic rings. The van der Waals surface area contributed by atoms with Crippen LogP contribution in [0.25, 0.3) is 0 Å². The van der Waals surface area contributed by atoms with Gasteiger partial charge in [-0.2, -0.15) is 0 Å². The average Bonchev–Trinajstić information content (AvgIpc) is 2.80. The standard InChI is InChI=1S/C13H17BrN4/c1-2-7-15-8-12-10-18(17-16-12)9-11-5-3-4-6-13(11)14/h3-6,10,15H,2,7-9H2,1H3. The Labute approximate surface area is 116 Å². The minimum atomic E-state index is 0.738. The van der Waals surface area contributed by atoms with E-state index in [0.717, 1.165) is 36.2 Å². The third kappa shape index (κ3) is 3.65. The van der Waals surface area contributed by atoms with Gasteiger partial charge >= 0.3 is 0 Å². The summed E-state index contributed by atoms with van der Waals surface area (Å²) in [6.45, 7) is 4.68. The SMILES string of the molecule is CCCNCc1cn(Cc2ccccc2Br)nn1. The maximum atomic E-state index is 4.15. The van der Waals surface area contributed by atoms with Crippen molar-refractivity contribution < 1.29 is 0 Å². The van der Waals surface area contributed by atoms with Gasteiger partial charge in [-0.05, 0) is 24.6 Å². The smallest absolute Gasteiger partial charge is 0.0964 e. The average molecular weight is 309 g/mol. The van der Waals surface area contributed by atoms with Crippen molar-refractivity contribution in [1.29, 1.82) is 0 Å². The van der Waals surface area contributed by atoms with Crippen molar-refractivity contribution in [2.45, 2.75) is 26.4 Å². The number of rotatable bonds is 6. The van der Waals surface area contributed by atoms with Crippen LogP contribution >= 0.6 is 15.9 Å². The van der Waals surface area contributed by atoms with Crippen LogP contribution in [0.3, 0.4) is 0 Å². The number of hydrogen-bond donors (Lipinski definition) is 1. The second-order valence-electron chi connectivity index (χ2n) is 4.18. The topological polar surface area (TPSA) is 42.7 Å². The molecule has 2 rings (SSSR count). The van der Waals surface area contributed by atoms with Gasteiger partial charge in [0.1, 0.15) is 0 Å². The van der Waals surface area contributed by atoms with Gasteiger partial charge in [0.15, 0.2) is 0 Å². The molecule has 0 aliphatic heterocycles. The monoisotopic (exact) mass is 308 g/mol. The molecule has 0 fully saturated rings. The van der Waals surface area contributed by atoms with Gasteiger partial charge in [-0.1, -0.05) is 46.3 Å². The van der Waals surface area contributed by atoms with Gasteiger partial charge < -0.3 is 5.32 Å². The van der Waals surface area contributed by atoms with Crippen LogP contribution in [0.5, 0.6) is 0 Å². The molecule has 0 saturated heterocycles. The van der Waals surface area contributed by atoms with Crippen molar-refractivity contribution in [1.82, 2.24) is 20.3 Å². The molecular formula is C13H17BrN4. The van der Waals surface area contributed by atoms with E-state index in [0.29, 0.717) is 0 Å². The van der Waals surface area contributed by atoms with Gasteiger partial charge in [-0.15, -0.1) is 5.10 Å². The van der Waals surface area contributed by atoms with E-state index >= 15 is 0 Å². The van der Waals surface area contributed by atoms with Crippen LogP contribution in [0.1, 0.15) is 24.6 Å². The van der Waals surface area contributed by atoms with Crippen LogP contribution < -0.4 is 5.32 Å². The zero-order valence-electron chi connectivity index (χ0n) is 10.4.